The maximum Gasteiger partial charge on any atom is 0.348 e. The third-order valence-electron chi connectivity index (χ3n) is 4.17. The highest BCUT2D eigenvalue weighted by Crippen LogP contribution is 2.27. The Kier molecular flexibility index (Phi) is 5.60. The molecule has 0 aliphatic carbocycles. The SMILES string of the molecule is COC(=O)c1sc2ncn(Cc3ccc(C(=O)OC(C)C)cc3)c(=O)c2c1C. The van der Waals surface area contributed by atoms with Crippen LogP contribution in [0.3, 0.4) is 0 Å². The van der Waals surface area contributed by atoms with Crippen LogP contribution in [0.15, 0.2) is 35.4 Å². The second-order valence-corrected chi connectivity index (χ2v) is 7.56. The quantitative estimate of drug-likeness (QED) is 0.612. The second-order valence-electron chi connectivity index (χ2n) is 6.56. The van der Waals surface area contributed by atoms with Gasteiger partial charge in [0.05, 0.1) is 37.0 Å². The van der Waals surface area contributed by atoms with Crippen LogP contribution in [0.5, 0.6) is 0 Å². The Labute approximate surface area is 165 Å². The number of nitrogens with zero attached hydrogens (tertiary/aromatic N) is 2. The van der Waals surface area contributed by atoms with Crippen LogP contribution in [-0.4, -0.2) is 34.7 Å². The van der Waals surface area contributed by atoms with Crippen molar-refractivity contribution < 1.29 is 19.1 Å². The third kappa shape index (κ3) is 3.82. The van der Waals surface area contributed by atoms with Crippen molar-refractivity contribution in [3.63, 3.8) is 0 Å². The van der Waals surface area contributed by atoms with E-state index in [4.69, 9.17) is 9.47 Å². The second kappa shape index (κ2) is 7.93. The summed E-state index contributed by atoms with van der Waals surface area (Å²) in [7, 11) is 1.30. The van der Waals surface area contributed by atoms with Crippen LogP contribution < -0.4 is 5.56 Å². The summed E-state index contributed by atoms with van der Waals surface area (Å²) >= 11 is 1.15. The molecule has 0 unspecified atom stereocenters. The molecule has 0 fully saturated rings. The average molecular weight is 400 g/mol. The minimum absolute atomic E-state index is 0.188. The van der Waals surface area contributed by atoms with E-state index in [2.05, 4.69) is 4.98 Å². The van der Waals surface area contributed by atoms with Crippen LogP contribution in [0.1, 0.15) is 45.0 Å². The number of benzene rings is 1. The van der Waals surface area contributed by atoms with Gasteiger partial charge in [-0.2, -0.15) is 0 Å². The summed E-state index contributed by atoms with van der Waals surface area (Å²) in [6.45, 7) is 5.59. The molecule has 0 spiro atoms. The van der Waals surface area contributed by atoms with Crippen molar-refractivity contribution in [2.75, 3.05) is 7.11 Å². The zero-order valence-corrected chi connectivity index (χ0v) is 16.8. The number of rotatable bonds is 5. The number of hydrogen-bond donors (Lipinski definition) is 0. The van der Waals surface area contributed by atoms with E-state index in [1.165, 1.54) is 18.0 Å². The van der Waals surface area contributed by atoms with E-state index in [0.29, 0.717) is 32.8 Å². The maximum absolute atomic E-state index is 12.9. The van der Waals surface area contributed by atoms with Gasteiger partial charge < -0.3 is 9.47 Å². The standard InChI is InChI=1S/C20H20N2O5S/c1-11(2)27-19(24)14-7-5-13(6-8-14)9-22-10-21-17-15(18(22)23)12(3)16(28-17)20(25)26-4/h5-8,10-11H,9H2,1-4H3. The van der Waals surface area contributed by atoms with Crippen LogP contribution in [0, 0.1) is 6.92 Å². The smallest absolute Gasteiger partial charge is 0.348 e. The van der Waals surface area contributed by atoms with Crippen molar-refractivity contribution >= 4 is 33.5 Å². The summed E-state index contributed by atoms with van der Waals surface area (Å²) < 4.78 is 11.4. The Morgan fingerprint density at radius 1 is 1.18 bits per heavy atom. The molecule has 2 heterocycles. The molecule has 146 valence electrons. The van der Waals surface area contributed by atoms with Crippen LogP contribution in [0.4, 0.5) is 0 Å². The van der Waals surface area contributed by atoms with Gasteiger partial charge >= 0.3 is 11.9 Å². The highest BCUT2D eigenvalue weighted by molar-refractivity contribution is 7.20. The number of methoxy groups -OCH3 is 1. The molecule has 0 amide bonds. The largest absolute Gasteiger partial charge is 0.465 e. The van der Waals surface area contributed by atoms with E-state index in [1.54, 1.807) is 45.0 Å². The first-order valence-corrected chi connectivity index (χ1v) is 9.50. The first-order valence-electron chi connectivity index (χ1n) is 8.68. The molecular weight excluding hydrogens is 380 g/mol. The van der Waals surface area contributed by atoms with Gasteiger partial charge in [0.1, 0.15) is 9.71 Å². The summed E-state index contributed by atoms with van der Waals surface area (Å²) in [5.41, 5.74) is 1.64. The minimum atomic E-state index is -0.477. The fraction of sp³-hybridized carbons (Fsp3) is 0.300. The van der Waals surface area contributed by atoms with Gasteiger partial charge in [-0.3, -0.25) is 9.36 Å². The molecule has 0 saturated carbocycles. The molecule has 0 aliphatic rings. The molecule has 28 heavy (non-hydrogen) atoms. The molecule has 0 bridgehead atoms. The normalized spacial score (nSPS) is 11.0. The number of carbonyl (C=O) groups is 2. The molecule has 1 aromatic carbocycles. The molecule has 0 aliphatic heterocycles. The molecule has 8 heteroatoms. The molecule has 0 N–H and O–H groups in total. The number of carbonyl (C=O) groups excluding carboxylic acids is 2. The Morgan fingerprint density at radius 3 is 2.46 bits per heavy atom. The van der Waals surface area contributed by atoms with Crippen LogP contribution in [0.2, 0.25) is 0 Å². The van der Waals surface area contributed by atoms with E-state index in [1.807, 2.05) is 0 Å². The van der Waals surface area contributed by atoms with Gasteiger partial charge in [0, 0.05) is 0 Å². The van der Waals surface area contributed by atoms with Crippen LogP contribution in [0.25, 0.3) is 10.2 Å². The number of fused-ring (bicyclic) bond motifs is 1. The number of ether oxygens (including phenoxy) is 2. The van der Waals surface area contributed by atoms with Crippen molar-refractivity contribution in [2.45, 2.75) is 33.4 Å². The summed E-state index contributed by atoms with van der Waals surface area (Å²) in [5.74, 6) is -0.860. The summed E-state index contributed by atoms with van der Waals surface area (Å²) in [4.78, 5) is 41.9. The lowest BCUT2D eigenvalue weighted by Crippen LogP contribution is -2.21. The van der Waals surface area contributed by atoms with Gasteiger partial charge in [0.2, 0.25) is 0 Å². The van der Waals surface area contributed by atoms with E-state index >= 15 is 0 Å². The van der Waals surface area contributed by atoms with Crippen molar-refractivity contribution in [1.29, 1.82) is 0 Å². The van der Waals surface area contributed by atoms with E-state index in [0.717, 1.165) is 16.9 Å². The number of aryl methyl sites for hydroxylation is 1. The summed E-state index contributed by atoms with van der Waals surface area (Å²) in [5, 5.41) is 0.421. The topological polar surface area (TPSA) is 87.5 Å². The zero-order valence-electron chi connectivity index (χ0n) is 16.0. The fourth-order valence-corrected chi connectivity index (χ4v) is 3.84. The van der Waals surface area contributed by atoms with Crippen molar-refractivity contribution in [3.05, 3.63) is 62.5 Å². The molecule has 0 saturated heterocycles. The Hall–Kier alpha value is -3.00. The zero-order chi connectivity index (χ0) is 20.4. The lowest BCUT2D eigenvalue weighted by atomic mass is 10.1. The first kappa shape index (κ1) is 19.8. The number of thiophene rings is 1. The Morgan fingerprint density at radius 2 is 1.86 bits per heavy atom. The van der Waals surface area contributed by atoms with Crippen LogP contribution in [-0.2, 0) is 16.0 Å². The molecule has 3 rings (SSSR count). The Balaban J connectivity index is 1.89. The first-order chi connectivity index (χ1) is 13.3. The number of hydrogen-bond acceptors (Lipinski definition) is 7. The van der Waals surface area contributed by atoms with Gasteiger partial charge in [-0.1, -0.05) is 12.1 Å². The highest BCUT2D eigenvalue weighted by atomic mass is 32.1. The fourth-order valence-electron chi connectivity index (χ4n) is 2.78. The number of esters is 2. The third-order valence-corrected chi connectivity index (χ3v) is 5.35. The lowest BCUT2D eigenvalue weighted by Gasteiger charge is -2.09. The molecule has 0 radical (unpaired) electrons. The predicted molar refractivity (Wildman–Crippen MR) is 106 cm³/mol. The molecule has 3 aromatic rings. The van der Waals surface area contributed by atoms with E-state index in [-0.39, 0.29) is 17.6 Å². The highest BCUT2D eigenvalue weighted by Gasteiger charge is 2.20. The maximum atomic E-state index is 12.9. The summed E-state index contributed by atoms with van der Waals surface area (Å²) in [6.07, 6.45) is 1.27. The molecule has 2 aromatic heterocycles. The van der Waals surface area contributed by atoms with Gasteiger partial charge in [0.25, 0.3) is 5.56 Å². The van der Waals surface area contributed by atoms with E-state index in [9.17, 15) is 14.4 Å². The monoisotopic (exact) mass is 400 g/mol. The van der Waals surface area contributed by atoms with Crippen molar-refractivity contribution in [2.24, 2.45) is 0 Å². The molecular formula is C20H20N2O5S. The Bertz CT molecular complexity index is 1100. The van der Waals surface area contributed by atoms with Gasteiger partial charge in [-0.05, 0) is 44.0 Å². The lowest BCUT2D eigenvalue weighted by molar-refractivity contribution is 0.0377. The minimum Gasteiger partial charge on any atom is -0.465 e. The molecule has 7 nitrogen and oxygen atoms in total. The molecule has 0 atom stereocenters. The predicted octanol–water partition coefficient (Wildman–Crippen LogP) is 3.17. The van der Waals surface area contributed by atoms with Crippen molar-refractivity contribution in [1.82, 2.24) is 9.55 Å². The van der Waals surface area contributed by atoms with Gasteiger partial charge in [-0.25, -0.2) is 14.6 Å². The average Bonchev–Trinajstić information content (AvgIpc) is 3.00. The van der Waals surface area contributed by atoms with Gasteiger partial charge in [0.15, 0.2) is 0 Å². The van der Waals surface area contributed by atoms with Crippen LogP contribution >= 0.6 is 11.3 Å². The van der Waals surface area contributed by atoms with E-state index < -0.39 is 5.97 Å². The summed E-state index contributed by atoms with van der Waals surface area (Å²) in [6, 6.07) is 6.88. The number of aromatic nitrogens is 2. The van der Waals surface area contributed by atoms with Gasteiger partial charge in [-0.15, -0.1) is 11.3 Å². The van der Waals surface area contributed by atoms with Crippen molar-refractivity contribution in [3.8, 4) is 0 Å².